The van der Waals surface area contributed by atoms with E-state index >= 15 is 0 Å². The summed E-state index contributed by atoms with van der Waals surface area (Å²) < 4.78 is 29.7. The molecule has 232 valence electrons. The number of quaternary nitrogens is 2. The van der Waals surface area contributed by atoms with Gasteiger partial charge < -0.3 is 24.2 Å². The highest BCUT2D eigenvalue weighted by molar-refractivity contribution is 7.60. The van der Waals surface area contributed by atoms with Crippen molar-refractivity contribution in [3.63, 3.8) is 0 Å². The fourth-order valence-corrected chi connectivity index (χ4v) is 6.53. The normalized spacial score (nSPS) is 15.9. The van der Waals surface area contributed by atoms with Crippen molar-refractivity contribution in [1.29, 1.82) is 0 Å². The van der Waals surface area contributed by atoms with Crippen molar-refractivity contribution in [2.75, 3.05) is 39.3 Å². The summed E-state index contributed by atoms with van der Waals surface area (Å²) in [5, 5.41) is 0. The summed E-state index contributed by atoms with van der Waals surface area (Å²) in [5.74, 6) is 0. The first-order chi connectivity index (χ1) is 17.8. The summed E-state index contributed by atoms with van der Waals surface area (Å²) >= 11 is 9.99. The Morgan fingerprint density at radius 1 is 0.658 bits per heavy atom. The van der Waals surface area contributed by atoms with E-state index in [9.17, 15) is 18.9 Å². The second-order valence-electron chi connectivity index (χ2n) is 9.74. The highest BCUT2D eigenvalue weighted by Crippen LogP contribution is 2.72. The molecule has 0 spiro atoms. The Morgan fingerprint density at radius 3 is 1.05 bits per heavy atom. The molecule has 0 unspecified atom stereocenters. The largest absolute Gasteiger partial charge is 0.789 e. The Labute approximate surface area is 243 Å². The van der Waals surface area contributed by atoms with Crippen molar-refractivity contribution in [2.24, 2.45) is 0 Å². The van der Waals surface area contributed by atoms with Crippen molar-refractivity contribution in [3.8, 4) is 0 Å². The Hall–Kier alpha value is 0.760. The minimum atomic E-state index is -5.44. The molecule has 0 atom stereocenters. The van der Waals surface area contributed by atoms with E-state index in [4.69, 9.17) is 23.2 Å². The quantitative estimate of drug-likeness (QED) is 0.149. The van der Waals surface area contributed by atoms with Crippen LogP contribution in [0.1, 0.15) is 119 Å². The molecule has 0 aromatic rings. The molecule has 0 radical (unpaired) electrons. The van der Waals surface area contributed by atoms with E-state index in [-0.39, 0.29) is 0 Å². The second-order valence-corrected chi connectivity index (χ2v) is 13.7. The number of hydrogen-bond donors (Lipinski definition) is 2. The van der Waals surface area contributed by atoms with Gasteiger partial charge in [-0.15, -0.1) is 0 Å². The average molecular weight is 630 g/mol. The van der Waals surface area contributed by atoms with E-state index in [0.717, 1.165) is 0 Å². The van der Waals surface area contributed by atoms with Crippen LogP contribution >= 0.6 is 38.8 Å². The summed E-state index contributed by atoms with van der Waals surface area (Å²) in [6, 6.07) is 0. The summed E-state index contributed by atoms with van der Waals surface area (Å²) in [6.07, 6.45) is 16.5. The van der Waals surface area contributed by atoms with Gasteiger partial charge in [0.2, 0.25) is 0 Å². The van der Waals surface area contributed by atoms with Crippen LogP contribution < -0.4 is 19.6 Å². The summed E-state index contributed by atoms with van der Waals surface area (Å²) in [4.78, 5) is 23.4. The first-order valence-electron chi connectivity index (χ1n) is 14.6. The van der Waals surface area contributed by atoms with Crippen molar-refractivity contribution >= 4 is 38.8 Å². The standard InChI is InChI=1S/2C12H27N.CH2Cl2O7P2/c2*1-4-7-10-13(11-8-5-2)12-9-6-3;2-1(3)8-12(7,9-1)10-11(4,5)6/h2*4-12H2,1-3H3;(H2,4,5,6). The van der Waals surface area contributed by atoms with E-state index in [1.807, 2.05) is 9.80 Å². The van der Waals surface area contributed by atoms with Crippen molar-refractivity contribution < 1.29 is 42.1 Å². The van der Waals surface area contributed by atoms with Crippen LogP contribution in [-0.2, 0) is 22.5 Å². The third-order valence-corrected chi connectivity index (χ3v) is 9.24. The van der Waals surface area contributed by atoms with Crippen LogP contribution in [0.25, 0.3) is 0 Å². The molecule has 1 rings (SSSR count). The third-order valence-electron chi connectivity index (χ3n) is 5.94. The Balaban J connectivity index is 0. The van der Waals surface area contributed by atoms with Gasteiger partial charge in [-0.25, -0.2) is 13.6 Å². The van der Waals surface area contributed by atoms with Gasteiger partial charge in [0, 0.05) is 0 Å². The maximum absolute atomic E-state index is 10.7. The lowest BCUT2D eigenvalue weighted by Gasteiger charge is -2.40. The average Bonchev–Trinajstić information content (AvgIpc) is 2.81. The molecule has 1 saturated heterocycles. The van der Waals surface area contributed by atoms with Crippen LogP contribution in [0.15, 0.2) is 0 Å². The molecule has 9 nitrogen and oxygen atoms in total. The predicted octanol–water partition coefficient (Wildman–Crippen LogP) is 4.62. The number of phosphoric acid groups is 2. The zero-order chi connectivity index (χ0) is 29.5. The molecule has 2 N–H and O–H groups in total. The van der Waals surface area contributed by atoms with Crippen LogP contribution in [0.4, 0.5) is 0 Å². The SMILES string of the molecule is CCCC[NH+](CCCC)CCCC.CCCC[NH+](CCCC)CCCC.O=P([O-])([O-])OP1(=O)OC(Cl)(Cl)O1. The van der Waals surface area contributed by atoms with Gasteiger partial charge in [-0.1, -0.05) is 80.1 Å². The first kappa shape index (κ1) is 40.9. The molecule has 1 aliphatic heterocycles. The number of hydrogen-bond acceptors (Lipinski definition) is 7. The summed E-state index contributed by atoms with van der Waals surface area (Å²) in [5.41, 5.74) is 0. The van der Waals surface area contributed by atoms with Gasteiger partial charge in [-0.05, 0) is 61.7 Å². The lowest BCUT2D eigenvalue weighted by atomic mass is 10.2. The van der Waals surface area contributed by atoms with Gasteiger partial charge in [-0.2, -0.15) is 0 Å². The van der Waals surface area contributed by atoms with Gasteiger partial charge in [0.15, 0.2) is 0 Å². The lowest BCUT2D eigenvalue weighted by Crippen LogP contribution is -3.12. The summed E-state index contributed by atoms with van der Waals surface area (Å²) in [6.45, 7) is 22.1. The van der Waals surface area contributed by atoms with Crippen molar-refractivity contribution in [1.82, 2.24) is 0 Å². The summed E-state index contributed by atoms with van der Waals surface area (Å²) in [7, 11) is -9.83. The molecule has 0 saturated carbocycles. The van der Waals surface area contributed by atoms with Crippen LogP contribution in [0.2, 0.25) is 0 Å². The number of phosphoric ester groups is 1. The molecule has 0 bridgehead atoms. The van der Waals surface area contributed by atoms with Gasteiger partial charge in [-0.3, -0.25) is 4.31 Å². The van der Waals surface area contributed by atoms with Crippen LogP contribution in [0, 0.1) is 0 Å². The molecule has 0 amide bonds. The van der Waals surface area contributed by atoms with Gasteiger partial charge in [0.05, 0.1) is 47.1 Å². The number of halogens is 2. The van der Waals surface area contributed by atoms with E-state index in [1.165, 1.54) is 116 Å². The number of rotatable bonds is 20. The number of alkyl halides is 2. The van der Waals surface area contributed by atoms with E-state index < -0.39 is 20.4 Å². The maximum atomic E-state index is 10.7. The zero-order valence-electron chi connectivity index (χ0n) is 24.7. The van der Waals surface area contributed by atoms with Gasteiger partial charge >= 0.3 is 12.5 Å². The van der Waals surface area contributed by atoms with E-state index in [2.05, 4.69) is 54.9 Å². The molecule has 1 fully saturated rings. The number of nitrogens with one attached hydrogen (secondary N) is 2. The predicted molar refractivity (Wildman–Crippen MR) is 153 cm³/mol. The van der Waals surface area contributed by atoms with E-state index in [0.29, 0.717) is 0 Å². The Morgan fingerprint density at radius 2 is 0.895 bits per heavy atom. The minimum absolute atomic E-state index is 1.35. The molecule has 0 aromatic carbocycles. The molecular weight excluding hydrogens is 573 g/mol. The highest BCUT2D eigenvalue weighted by Gasteiger charge is 2.56. The Kier molecular flexibility index (Phi) is 26.2. The number of unbranched alkanes of at least 4 members (excludes halogenated alkanes) is 6. The molecule has 0 aliphatic carbocycles. The lowest BCUT2D eigenvalue weighted by molar-refractivity contribution is -0.900. The van der Waals surface area contributed by atoms with Crippen LogP contribution in [0.5, 0.6) is 0 Å². The third kappa shape index (κ3) is 25.7. The monoisotopic (exact) mass is 628 g/mol. The van der Waals surface area contributed by atoms with Crippen molar-refractivity contribution in [3.05, 3.63) is 0 Å². The van der Waals surface area contributed by atoms with Crippen LogP contribution in [-0.4, -0.2) is 44.0 Å². The minimum Gasteiger partial charge on any atom is -0.789 e. The van der Waals surface area contributed by atoms with Crippen molar-refractivity contribution in [2.45, 2.75) is 123 Å². The topological polar surface area (TPSA) is 117 Å². The molecule has 0 aromatic heterocycles. The Bertz CT molecular complexity index is 569. The molecule has 38 heavy (non-hydrogen) atoms. The molecule has 13 heteroatoms. The fourth-order valence-electron chi connectivity index (χ4n) is 3.73. The second kappa shape index (κ2) is 24.4. The molecule has 1 heterocycles. The zero-order valence-corrected chi connectivity index (χ0v) is 28.0. The van der Waals surface area contributed by atoms with E-state index in [1.54, 1.807) is 0 Å². The fraction of sp³-hybridized carbons (Fsp3) is 1.00. The smallest absolute Gasteiger partial charge is 0.487 e. The first-order valence-corrected chi connectivity index (χ1v) is 18.3. The van der Waals surface area contributed by atoms with Gasteiger partial charge in [0.1, 0.15) is 0 Å². The molecular formula is C25H56Cl2N2O7P2. The van der Waals surface area contributed by atoms with Gasteiger partial charge in [0.25, 0.3) is 0 Å². The maximum Gasteiger partial charge on any atom is 0.487 e. The van der Waals surface area contributed by atoms with Crippen LogP contribution in [0.3, 0.4) is 0 Å². The highest BCUT2D eigenvalue weighted by atomic mass is 35.5. The molecule has 1 aliphatic rings.